The average molecular weight is 1130 g/mol. The number of rotatable bonds is 16. The largest absolute Gasteiger partial charge is 0.479 e. The second-order valence-corrected chi connectivity index (χ2v) is 18.3. The van der Waals surface area contributed by atoms with Crippen molar-refractivity contribution in [1.82, 2.24) is 44.6 Å². The maximum atomic E-state index is 13.8. The number of hydrogen-bond acceptors (Lipinski definition) is 17. The fourth-order valence-electron chi connectivity index (χ4n) is 8.23. The number of methoxy groups -OCH3 is 1. The van der Waals surface area contributed by atoms with Gasteiger partial charge in [-0.1, -0.05) is 25.3 Å². The van der Waals surface area contributed by atoms with Gasteiger partial charge in [-0.2, -0.15) is 41.3 Å². The lowest BCUT2D eigenvalue weighted by atomic mass is 10.2. The molecule has 28 heteroatoms. The van der Waals surface area contributed by atoms with Crippen LogP contribution in [0.1, 0.15) is 24.5 Å². The van der Waals surface area contributed by atoms with Gasteiger partial charge in [-0.05, 0) is 79.2 Å². The van der Waals surface area contributed by atoms with Gasteiger partial charge in [0.1, 0.15) is 40.1 Å². The van der Waals surface area contributed by atoms with Crippen molar-refractivity contribution in [2.75, 3.05) is 109 Å². The Kier molecular flexibility index (Phi) is 18.8. The summed E-state index contributed by atoms with van der Waals surface area (Å²) >= 11 is 0. The molecule has 22 nitrogen and oxygen atoms in total. The van der Waals surface area contributed by atoms with Crippen molar-refractivity contribution in [3.8, 4) is 5.88 Å². The highest BCUT2D eigenvalue weighted by Crippen LogP contribution is 2.38. The van der Waals surface area contributed by atoms with E-state index < -0.39 is 46.9 Å². The number of nitrogens with zero attached hydrogens (tertiary/aromatic N) is 11. The van der Waals surface area contributed by atoms with E-state index in [4.69, 9.17) is 4.74 Å². The molecule has 8 rings (SSSR count). The summed E-state index contributed by atoms with van der Waals surface area (Å²) in [5.41, 5.74) is -0.0764. The number of hydrogen-bond donors (Lipinski definition) is 6. The maximum Gasteiger partial charge on any atom is 0.421 e. The number of ether oxygens (including phenoxy) is 1. The van der Waals surface area contributed by atoms with E-state index in [1.807, 2.05) is 16.8 Å². The second kappa shape index (κ2) is 25.8. The predicted molar refractivity (Wildman–Crippen MR) is 295 cm³/mol. The third-order valence-electron chi connectivity index (χ3n) is 12.4. The molecule has 1 unspecified atom stereocenters. The summed E-state index contributed by atoms with van der Waals surface area (Å²) in [4.78, 5) is 80.9. The molecule has 0 aliphatic carbocycles. The van der Waals surface area contributed by atoms with E-state index in [-0.39, 0.29) is 47.1 Å². The number of benzene rings is 2. The topological polar surface area (TPSA) is 243 Å². The SMILES string of the molecule is C=CC(=O)Nc1cccc(Nc2nc(Nc3ccc(N(C)C4CCN(C(=O)N(C)C)C4)nc3OC)ncc2C(F)(F)F)c1.C=CC(=O)Nc1cccc(Nc2nc(Nc3ccc(N4CCN(C(C)=O)CC4)nc3)ncc2C(F)(F)F)c1. The van der Waals surface area contributed by atoms with Gasteiger partial charge in [-0.3, -0.25) is 14.4 Å². The lowest BCUT2D eigenvalue weighted by molar-refractivity contribution is -0.138. The molecule has 0 radical (unpaired) electrons. The molecule has 0 bridgehead atoms. The number of likely N-dealkylation sites (tertiary alicyclic amines) is 1. The molecule has 81 heavy (non-hydrogen) atoms. The standard InChI is InChI=1S/C28H32F3N9O3.C25H25F3N8O2/c1-6-23(41)33-17-8-7-9-18(14-17)34-24-20(28(29,30)31)15-32-26(37-24)35-21-10-11-22(36-25(21)43-5)39(4)19-12-13-40(16-19)27(42)38(2)3;1-3-22(38)31-17-5-4-6-18(13-17)32-23-20(25(26,27)28)15-30-24(34-23)33-19-7-8-21(29-14-19)36-11-9-35(10-12-36)16(2)37/h6-11,14-15,19H,1,12-13,16H2,2-5H3,(H,33,41)(H2,32,34,35,37);3-8,13-15H,1,9-12H2,2H3,(H,31,38)(H2,30,32,33,34). The Hall–Kier alpha value is -9.76. The minimum atomic E-state index is -4.74. The van der Waals surface area contributed by atoms with Crippen LogP contribution < -0.4 is 46.4 Å². The summed E-state index contributed by atoms with van der Waals surface area (Å²) in [5, 5.41) is 16.2. The van der Waals surface area contributed by atoms with Crippen LogP contribution in [0.2, 0.25) is 0 Å². The van der Waals surface area contributed by atoms with Crippen LogP contribution in [-0.2, 0) is 26.7 Å². The van der Waals surface area contributed by atoms with Gasteiger partial charge >= 0.3 is 18.4 Å². The van der Waals surface area contributed by atoms with Gasteiger partial charge < -0.3 is 61.1 Å². The first-order chi connectivity index (χ1) is 38.5. The molecule has 1 atom stereocenters. The Morgan fingerprint density at radius 3 is 1.67 bits per heavy atom. The Labute approximate surface area is 461 Å². The summed E-state index contributed by atoms with van der Waals surface area (Å²) in [6, 6.07) is 19.2. The molecule has 2 saturated heterocycles. The minimum absolute atomic E-state index is 0.0368. The predicted octanol–water partition coefficient (Wildman–Crippen LogP) is 8.87. The van der Waals surface area contributed by atoms with Crippen molar-refractivity contribution in [2.24, 2.45) is 0 Å². The zero-order valence-electron chi connectivity index (χ0n) is 44.5. The average Bonchev–Trinajstić information content (AvgIpc) is 3.96. The van der Waals surface area contributed by atoms with Crippen LogP contribution in [0.4, 0.5) is 100 Å². The van der Waals surface area contributed by atoms with E-state index in [9.17, 15) is 45.5 Å². The van der Waals surface area contributed by atoms with Crippen LogP contribution in [-0.4, -0.2) is 142 Å². The van der Waals surface area contributed by atoms with E-state index in [1.165, 1.54) is 42.5 Å². The summed E-state index contributed by atoms with van der Waals surface area (Å²) in [6.07, 6.45) is -3.62. The van der Waals surface area contributed by atoms with Gasteiger partial charge in [-0.15, -0.1) is 0 Å². The van der Waals surface area contributed by atoms with Crippen LogP contribution in [0, 0.1) is 0 Å². The molecule has 5 amide bonds. The molecule has 4 aromatic heterocycles. The minimum Gasteiger partial charge on any atom is -0.479 e. The number of halogens is 6. The summed E-state index contributed by atoms with van der Waals surface area (Å²) < 4.78 is 87.9. The van der Waals surface area contributed by atoms with Gasteiger partial charge in [0.05, 0.1) is 19.0 Å². The van der Waals surface area contributed by atoms with E-state index in [1.54, 1.807) is 79.3 Å². The molecular weight excluding hydrogens is 1070 g/mol. The number of piperazine rings is 1. The molecule has 0 spiro atoms. The number of amides is 5. The first kappa shape index (κ1) is 58.9. The number of urea groups is 1. The van der Waals surface area contributed by atoms with Crippen LogP contribution in [0.15, 0.2) is 117 Å². The Bertz CT molecular complexity index is 3250. The van der Waals surface area contributed by atoms with Gasteiger partial charge in [-0.25, -0.2) is 19.7 Å². The maximum absolute atomic E-state index is 13.8. The molecule has 2 aromatic carbocycles. The highest BCUT2D eigenvalue weighted by atomic mass is 19.4. The molecule has 2 aliphatic rings. The molecule has 6 N–H and O–H groups in total. The van der Waals surface area contributed by atoms with Crippen LogP contribution in [0.5, 0.6) is 5.88 Å². The highest BCUT2D eigenvalue weighted by molar-refractivity contribution is 5.99. The first-order valence-electron chi connectivity index (χ1n) is 24.8. The molecule has 2 fully saturated rings. The van der Waals surface area contributed by atoms with Crippen molar-refractivity contribution < 1.29 is 50.3 Å². The normalized spacial score (nSPS) is 14.1. The summed E-state index contributed by atoms with van der Waals surface area (Å²) in [7, 11) is 6.71. The molecular formula is C53H57F6N17O5. The molecule has 0 saturated carbocycles. The molecule has 6 aromatic rings. The smallest absolute Gasteiger partial charge is 0.421 e. The fraction of sp³-hybridized carbons (Fsp3) is 0.283. The zero-order chi connectivity index (χ0) is 58.6. The third-order valence-corrected chi connectivity index (χ3v) is 12.4. The van der Waals surface area contributed by atoms with Crippen molar-refractivity contribution >= 4 is 93.0 Å². The second-order valence-electron chi connectivity index (χ2n) is 18.3. The number of anilines is 12. The quantitative estimate of drug-likeness (QED) is 0.0391. The van der Waals surface area contributed by atoms with Crippen LogP contribution >= 0.6 is 0 Å². The number of nitrogens with one attached hydrogen (secondary N) is 6. The Morgan fingerprint density at radius 1 is 0.642 bits per heavy atom. The van der Waals surface area contributed by atoms with E-state index >= 15 is 0 Å². The number of carbonyl (C=O) groups is 4. The van der Waals surface area contributed by atoms with Crippen molar-refractivity contribution in [3.05, 3.63) is 128 Å². The number of pyridine rings is 2. The lowest BCUT2D eigenvalue weighted by Crippen LogP contribution is -2.48. The molecule has 6 heterocycles. The summed E-state index contributed by atoms with van der Waals surface area (Å²) in [6.45, 7) is 12.0. The first-order valence-corrected chi connectivity index (χ1v) is 24.8. The van der Waals surface area contributed by atoms with Crippen molar-refractivity contribution in [3.63, 3.8) is 0 Å². The van der Waals surface area contributed by atoms with Gasteiger partial charge in [0.25, 0.3) is 0 Å². The lowest BCUT2D eigenvalue weighted by Gasteiger charge is -2.34. The van der Waals surface area contributed by atoms with Gasteiger partial charge in [0, 0.05) is 109 Å². The summed E-state index contributed by atoms with van der Waals surface area (Å²) in [5.74, 6) is -0.572. The molecule has 2 aliphatic heterocycles. The number of aromatic nitrogens is 6. The van der Waals surface area contributed by atoms with Gasteiger partial charge in [0.15, 0.2) is 0 Å². The zero-order valence-corrected chi connectivity index (χ0v) is 44.5. The Morgan fingerprint density at radius 2 is 1.19 bits per heavy atom. The Balaban J connectivity index is 0.000000235. The number of likely N-dealkylation sites (N-methyl/N-ethyl adjacent to an activating group) is 1. The fourth-order valence-corrected chi connectivity index (χ4v) is 8.23. The van der Waals surface area contributed by atoms with Gasteiger partial charge in [0.2, 0.25) is 35.5 Å². The van der Waals surface area contributed by atoms with E-state index in [0.717, 1.165) is 24.4 Å². The van der Waals surface area contributed by atoms with Crippen molar-refractivity contribution in [2.45, 2.75) is 31.7 Å². The van der Waals surface area contributed by atoms with Crippen LogP contribution in [0.25, 0.3) is 0 Å². The number of carbonyl (C=O) groups excluding carboxylic acids is 4. The monoisotopic (exact) mass is 1130 g/mol. The number of alkyl halides is 6. The van der Waals surface area contributed by atoms with E-state index in [0.29, 0.717) is 80.2 Å². The van der Waals surface area contributed by atoms with E-state index in [2.05, 4.69) is 75.0 Å². The highest BCUT2D eigenvalue weighted by Gasteiger charge is 2.37. The van der Waals surface area contributed by atoms with Crippen molar-refractivity contribution in [1.29, 1.82) is 0 Å². The molecule has 426 valence electrons. The van der Waals surface area contributed by atoms with Crippen LogP contribution in [0.3, 0.4) is 0 Å². The third kappa shape index (κ3) is 15.7.